The molecule has 0 amide bonds. The number of hydrogen-bond donors (Lipinski definition) is 1. The van der Waals surface area contributed by atoms with Crippen LogP contribution < -0.4 is 5.32 Å². The van der Waals surface area contributed by atoms with Crippen LogP contribution in [0.5, 0.6) is 0 Å². The fraction of sp³-hybridized carbons (Fsp3) is 0.353. The molecule has 3 rings (SSSR count). The van der Waals surface area contributed by atoms with Crippen molar-refractivity contribution in [3.05, 3.63) is 41.1 Å². The van der Waals surface area contributed by atoms with Crippen LogP contribution in [-0.4, -0.2) is 23.5 Å². The zero-order valence-electron chi connectivity index (χ0n) is 13.0. The molecule has 1 saturated heterocycles. The van der Waals surface area contributed by atoms with E-state index in [9.17, 15) is 14.4 Å². The number of cyclic esters (lactones) is 2. The lowest BCUT2D eigenvalue weighted by atomic mass is 9.89. The van der Waals surface area contributed by atoms with Crippen molar-refractivity contribution in [1.82, 2.24) is 0 Å². The van der Waals surface area contributed by atoms with Crippen molar-refractivity contribution in [3.63, 3.8) is 0 Å². The average molecular weight is 315 g/mol. The number of carbonyl (C=O) groups excluding carboxylic acids is 3. The Labute approximate surface area is 133 Å². The van der Waals surface area contributed by atoms with Crippen LogP contribution in [-0.2, 0) is 25.5 Å². The van der Waals surface area contributed by atoms with Gasteiger partial charge in [0.25, 0.3) is 5.79 Å². The molecule has 1 aromatic carbocycles. The van der Waals surface area contributed by atoms with Gasteiger partial charge in [0.1, 0.15) is 0 Å². The van der Waals surface area contributed by atoms with E-state index in [4.69, 9.17) is 9.47 Å². The lowest BCUT2D eigenvalue weighted by Gasteiger charge is -2.29. The lowest BCUT2D eigenvalue weighted by Crippen LogP contribution is -2.42. The van der Waals surface area contributed by atoms with Crippen molar-refractivity contribution in [2.75, 3.05) is 5.32 Å². The van der Waals surface area contributed by atoms with Gasteiger partial charge in [0, 0.05) is 37.7 Å². The highest BCUT2D eigenvalue weighted by atomic mass is 16.7. The van der Waals surface area contributed by atoms with Gasteiger partial charge < -0.3 is 14.8 Å². The minimum absolute atomic E-state index is 0.0580. The van der Waals surface area contributed by atoms with Crippen molar-refractivity contribution < 1.29 is 23.9 Å². The van der Waals surface area contributed by atoms with Gasteiger partial charge in [-0.15, -0.1) is 0 Å². The SMILES string of the molecule is CC1(C)OC(=O)C(=CNc2cccc3c2C(=O)CCC3)C(=O)O1. The van der Waals surface area contributed by atoms with Crippen LogP contribution in [0.25, 0.3) is 0 Å². The number of rotatable bonds is 2. The van der Waals surface area contributed by atoms with Crippen LogP contribution in [0.4, 0.5) is 5.69 Å². The second-order valence-corrected chi connectivity index (χ2v) is 6.00. The Hall–Kier alpha value is -2.63. The molecule has 0 aromatic heterocycles. The number of ether oxygens (including phenoxy) is 2. The molecule has 1 aliphatic carbocycles. The Morgan fingerprint density at radius 2 is 1.78 bits per heavy atom. The van der Waals surface area contributed by atoms with Gasteiger partial charge in [0.2, 0.25) is 0 Å². The Morgan fingerprint density at radius 3 is 2.48 bits per heavy atom. The summed E-state index contributed by atoms with van der Waals surface area (Å²) in [5.41, 5.74) is 1.93. The predicted octanol–water partition coefficient (Wildman–Crippen LogP) is 2.34. The third-order valence-electron chi connectivity index (χ3n) is 3.77. The first kappa shape index (κ1) is 15.3. The van der Waals surface area contributed by atoms with Crippen molar-refractivity contribution in [3.8, 4) is 0 Å². The highest BCUT2D eigenvalue weighted by molar-refractivity contribution is 6.15. The molecule has 23 heavy (non-hydrogen) atoms. The highest BCUT2D eigenvalue weighted by Crippen LogP contribution is 2.28. The fourth-order valence-corrected chi connectivity index (χ4v) is 2.75. The second-order valence-electron chi connectivity index (χ2n) is 6.00. The Morgan fingerprint density at radius 1 is 1.09 bits per heavy atom. The van der Waals surface area contributed by atoms with Gasteiger partial charge in [-0.05, 0) is 24.5 Å². The summed E-state index contributed by atoms with van der Waals surface area (Å²) < 4.78 is 10.0. The predicted molar refractivity (Wildman–Crippen MR) is 81.7 cm³/mol. The van der Waals surface area contributed by atoms with Gasteiger partial charge in [0.05, 0.1) is 0 Å². The van der Waals surface area contributed by atoms with E-state index in [1.165, 1.54) is 20.0 Å². The summed E-state index contributed by atoms with van der Waals surface area (Å²) in [7, 11) is 0. The molecule has 0 unspecified atom stereocenters. The summed E-state index contributed by atoms with van der Waals surface area (Å²) in [4.78, 5) is 35.9. The maximum atomic E-state index is 12.1. The van der Waals surface area contributed by atoms with Gasteiger partial charge in [-0.1, -0.05) is 12.1 Å². The normalized spacial score (nSPS) is 19.6. The van der Waals surface area contributed by atoms with E-state index < -0.39 is 17.7 Å². The number of ketones is 1. The molecule has 0 bridgehead atoms. The maximum Gasteiger partial charge on any atom is 0.350 e. The van der Waals surface area contributed by atoms with E-state index in [-0.39, 0.29) is 11.4 Å². The van der Waals surface area contributed by atoms with Crippen LogP contribution in [0.3, 0.4) is 0 Å². The molecule has 0 atom stereocenters. The smallest absolute Gasteiger partial charge is 0.350 e. The molecule has 1 aromatic rings. The van der Waals surface area contributed by atoms with Crippen molar-refractivity contribution in [1.29, 1.82) is 0 Å². The number of anilines is 1. The molecular weight excluding hydrogens is 298 g/mol. The second kappa shape index (κ2) is 5.53. The van der Waals surface area contributed by atoms with Crippen LogP contribution in [0, 0.1) is 0 Å². The van der Waals surface area contributed by atoms with E-state index in [1.54, 1.807) is 6.07 Å². The number of esters is 2. The third kappa shape index (κ3) is 2.97. The molecular formula is C17H17NO5. The first-order valence-corrected chi connectivity index (χ1v) is 7.46. The van der Waals surface area contributed by atoms with Crippen LogP contribution in [0.1, 0.15) is 42.6 Å². The standard InChI is InChI=1S/C17H17NO5/c1-17(2)22-15(20)11(16(21)23-17)9-18-12-7-3-5-10-6-4-8-13(19)14(10)12/h3,5,7,9,18H,4,6,8H2,1-2H3. The number of nitrogens with one attached hydrogen (secondary N) is 1. The topological polar surface area (TPSA) is 81.7 Å². The molecule has 1 N–H and O–H groups in total. The number of benzene rings is 1. The molecule has 6 heteroatoms. The van der Waals surface area contributed by atoms with Crippen LogP contribution in [0.15, 0.2) is 30.0 Å². The number of Topliss-reactive ketones (excluding diaryl/α,β-unsaturated/α-hetero) is 1. The van der Waals surface area contributed by atoms with E-state index in [0.717, 1.165) is 18.4 Å². The zero-order valence-corrected chi connectivity index (χ0v) is 13.0. The monoisotopic (exact) mass is 315 g/mol. The summed E-state index contributed by atoms with van der Waals surface area (Å²) >= 11 is 0. The minimum Gasteiger partial charge on any atom is -0.419 e. The molecule has 1 heterocycles. The van der Waals surface area contributed by atoms with Gasteiger partial charge in [-0.3, -0.25) is 4.79 Å². The first-order valence-electron chi connectivity index (χ1n) is 7.46. The van der Waals surface area contributed by atoms with Gasteiger partial charge in [-0.25, -0.2) is 9.59 Å². The number of carbonyl (C=O) groups is 3. The van der Waals surface area contributed by atoms with E-state index in [0.29, 0.717) is 17.7 Å². The lowest BCUT2D eigenvalue weighted by molar-refractivity contribution is -0.222. The van der Waals surface area contributed by atoms with Crippen molar-refractivity contribution in [2.45, 2.75) is 38.9 Å². The molecule has 1 fully saturated rings. The summed E-state index contributed by atoms with van der Waals surface area (Å²) in [6.07, 6.45) is 3.41. The van der Waals surface area contributed by atoms with Crippen LogP contribution >= 0.6 is 0 Å². The van der Waals surface area contributed by atoms with Gasteiger partial charge >= 0.3 is 11.9 Å². The molecule has 6 nitrogen and oxygen atoms in total. The average Bonchev–Trinajstić information content (AvgIpc) is 2.45. The first-order chi connectivity index (χ1) is 10.9. The van der Waals surface area contributed by atoms with E-state index in [2.05, 4.69) is 5.32 Å². The number of aryl methyl sites for hydroxylation is 1. The summed E-state index contributed by atoms with van der Waals surface area (Å²) in [5, 5.41) is 2.88. The molecule has 0 saturated carbocycles. The van der Waals surface area contributed by atoms with E-state index in [1.807, 2.05) is 12.1 Å². The van der Waals surface area contributed by atoms with Gasteiger partial charge in [0.15, 0.2) is 11.4 Å². The maximum absolute atomic E-state index is 12.1. The Balaban J connectivity index is 1.88. The third-order valence-corrected chi connectivity index (χ3v) is 3.77. The molecule has 1 aliphatic heterocycles. The van der Waals surface area contributed by atoms with Crippen LogP contribution in [0.2, 0.25) is 0 Å². The Kier molecular flexibility index (Phi) is 3.67. The number of hydrogen-bond acceptors (Lipinski definition) is 6. The van der Waals surface area contributed by atoms with E-state index >= 15 is 0 Å². The Bertz CT molecular complexity index is 710. The summed E-state index contributed by atoms with van der Waals surface area (Å²) in [6, 6.07) is 5.48. The van der Waals surface area contributed by atoms with Crippen molar-refractivity contribution >= 4 is 23.4 Å². The molecule has 2 aliphatic rings. The minimum atomic E-state index is -1.27. The molecule has 0 spiro atoms. The largest absolute Gasteiger partial charge is 0.419 e. The quantitative estimate of drug-likeness (QED) is 0.512. The zero-order chi connectivity index (χ0) is 16.6. The molecule has 120 valence electrons. The molecule has 0 radical (unpaired) electrons. The summed E-state index contributed by atoms with van der Waals surface area (Å²) in [6.45, 7) is 2.97. The van der Waals surface area contributed by atoms with Gasteiger partial charge in [-0.2, -0.15) is 0 Å². The fourth-order valence-electron chi connectivity index (χ4n) is 2.75. The van der Waals surface area contributed by atoms with Crippen molar-refractivity contribution in [2.24, 2.45) is 0 Å². The summed E-state index contributed by atoms with van der Waals surface area (Å²) in [5.74, 6) is -2.72. The highest BCUT2D eigenvalue weighted by Gasteiger charge is 2.39. The number of fused-ring (bicyclic) bond motifs is 1.